The smallest absolute Gasteiger partial charge is 0.247 e. The highest BCUT2D eigenvalue weighted by atomic mass is 32.2. The second-order valence-electron chi connectivity index (χ2n) is 5.34. The molecule has 7 nitrogen and oxygen atoms in total. The Morgan fingerprint density at radius 1 is 1.19 bits per heavy atom. The van der Waals surface area contributed by atoms with Crippen molar-refractivity contribution in [1.82, 2.24) is 14.2 Å². The van der Waals surface area contributed by atoms with Crippen LogP contribution in [0.5, 0.6) is 0 Å². The maximum Gasteiger partial charge on any atom is 0.247 e. The van der Waals surface area contributed by atoms with Crippen LogP contribution in [0.1, 0.15) is 6.42 Å². The molecule has 0 bridgehead atoms. The number of ether oxygens (including phenoxy) is 1. The van der Waals surface area contributed by atoms with E-state index in [0.717, 1.165) is 19.5 Å². The Labute approximate surface area is 123 Å². The molecule has 0 aromatic carbocycles. The van der Waals surface area contributed by atoms with Crippen LogP contribution in [0, 0.1) is 0 Å². The number of pyridine rings is 1. The SMILES string of the molecule is O=c1ccc(S(=O)(=O)N2CCC(N3CCOCC3)C2)c[nH]1. The van der Waals surface area contributed by atoms with Gasteiger partial charge in [-0.25, -0.2) is 8.42 Å². The Morgan fingerprint density at radius 3 is 2.62 bits per heavy atom. The van der Waals surface area contributed by atoms with Gasteiger partial charge in [0.25, 0.3) is 0 Å². The minimum absolute atomic E-state index is 0.143. The van der Waals surface area contributed by atoms with Crippen molar-refractivity contribution in [2.45, 2.75) is 17.4 Å². The molecule has 2 aliphatic rings. The van der Waals surface area contributed by atoms with Gasteiger partial charge in [-0.2, -0.15) is 4.31 Å². The maximum absolute atomic E-state index is 12.5. The lowest BCUT2D eigenvalue weighted by atomic mass is 10.2. The van der Waals surface area contributed by atoms with Crippen LogP contribution in [0.4, 0.5) is 0 Å². The van der Waals surface area contributed by atoms with E-state index in [0.29, 0.717) is 26.3 Å². The minimum atomic E-state index is -3.52. The number of morpholine rings is 1. The fraction of sp³-hybridized carbons (Fsp3) is 0.615. The van der Waals surface area contributed by atoms with Crippen LogP contribution < -0.4 is 5.56 Å². The van der Waals surface area contributed by atoms with Gasteiger partial charge < -0.3 is 9.72 Å². The largest absolute Gasteiger partial charge is 0.379 e. The first-order chi connectivity index (χ1) is 10.1. The molecule has 1 aromatic rings. The predicted molar refractivity (Wildman–Crippen MR) is 76.6 cm³/mol. The monoisotopic (exact) mass is 313 g/mol. The van der Waals surface area contributed by atoms with Crippen molar-refractivity contribution in [3.05, 3.63) is 28.7 Å². The summed E-state index contributed by atoms with van der Waals surface area (Å²) in [6.45, 7) is 4.16. The Morgan fingerprint density at radius 2 is 1.95 bits per heavy atom. The van der Waals surface area contributed by atoms with Gasteiger partial charge in [0.05, 0.1) is 18.1 Å². The molecule has 3 rings (SSSR count). The van der Waals surface area contributed by atoms with Crippen LogP contribution in [-0.4, -0.2) is 68.0 Å². The van der Waals surface area contributed by atoms with E-state index in [1.807, 2.05) is 0 Å². The quantitative estimate of drug-likeness (QED) is 0.811. The second-order valence-corrected chi connectivity index (χ2v) is 7.28. The van der Waals surface area contributed by atoms with Crippen molar-refractivity contribution in [3.63, 3.8) is 0 Å². The predicted octanol–water partition coefficient (Wildman–Crippen LogP) is -0.530. The van der Waals surface area contributed by atoms with Crippen LogP contribution in [0.25, 0.3) is 0 Å². The number of nitrogens with one attached hydrogen (secondary N) is 1. The fourth-order valence-corrected chi connectivity index (χ4v) is 4.34. The van der Waals surface area contributed by atoms with Crippen LogP contribution in [-0.2, 0) is 14.8 Å². The van der Waals surface area contributed by atoms with Crippen LogP contribution in [0.15, 0.2) is 28.0 Å². The summed E-state index contributed by atoms with van der Waals surface area (Å²) in [7, 11) is -3.52. The summed E-state index contributed by atoms with van der Waals surface area (Å²) in [4.78, 5) is 15.9. The van der Waals surface area contributed by atoms with Gasteiger partial charge in [-0.15, -0.1) is 0 Å². The van der Waals surface area contributed by atoms with Crippen molar-refractivity contribution in [2.75, 3.05) is 39.4 Å². The van der Waals surface area contributed by atoms with E-state index in [1.54, 1.807) is 0 Å². The number of aromatic amines is 1. The van der Waals surface area contributed by atoms with Crippen molar-refractivity contribution in [2.24, 2.45) is 0 Å². The third-order valence-electron chi connectivity index (χ3n) is 4.08. The zero-order chi connectivity index (χ0) is 14.9. The number of rotatable bonds is 3. The molecule has 3 heterocycles. The van der Waals surface area contributed by atoms with Crippen LogP contribution >= 0.6 is 0 Å². The molecule has 0 saturated carbocycles. The third kappa shape index (κ3) is 3.03. The van der Waals surface area contributed by atoms with E-state index in [9.17, 15) is 13.2 Å². The van der Waals surface area contributed by atoms with Gasteiger partial charge in [0.2, 0.25) is 15.6 Å². The Balaban J connectivity index is 1.72. The molecule has 2 aliphatic heterocycles. The molecule has 0 amide bonds. The summed E-state index contributed by atoms with van der Waals surface area (Å²) in [6.07, 6.45) is 2.10. The fourth-order valence-electron chi connectivity index (χ4n) is 2.88. The van der Waals surface area contributed by atoms with E-state index in [-0.39, 0.29) is 16.5 Å². The van der Waals surface area contributed by atoms with E-state index in [2.05, 4.69) is 9.88 Å². The molecule has 116 valence electrons. The summed E-state index contributed by atoms with van der Waals surface area (Å²) in [5.74, 6) is 0. The lowest BCUT2D eigenvalue weighted by molar-refractivity contribution is 0.0197. The summed E-state index contributed by atoms with van der Waals surface area (Å²) >= 11 is 0. The lowest BCUT2D eigenvalue weighted by Crippen LogP contribution is -2.45. The molecule has 0 aliphatic carbocycles. The van der Waals surface area contributed by atoms with Gasteiger partial charge in [-0.1, -0.05) is 0 Å². The van der Waals surface area contributed by atoms with Gasteiger partial charge in [0.15, 0.2) is 0 Å². The van der Waals surface area contributed by atoms with Crippen molar-refractivity contribution < 1.29 is 13.2 Å². The number of nitrogens with zero attached hydrogens (tertiary/aromatic N) is 2. The molecule has 21 heavy (non-hydrogen) atoms. The van der Waals surface area contributed by atoms with Gasteiger partial charge in [0, 0.05) is 44.5 Å². The Bertz CT molecular complexity index is 631. The van der Waals surface area contributed by atoms with Gasteiger partial charge in [-0.3, -0.25) is 9.69 Å². The number of hydrogen-bond acceptors (Lipinski definition) is 5. The third-order valence-corrected chi connectivity index (χ3v) is 5.94. The normalized spacial score (nSPS) is 25.2. The molecule has 0 spiro atoms. The Kier molecular flexibility index (Phi) is 4.12. The van der Waals surface area contributed by atoms with Crippen LogP contribution in [0.2, 0.25) is 0 Å². The molecule has 1 N–H and O–H groups in total. The van der Waals surface area contributed by atoms with Crippen molar-refractivity contribution in [3.8, 4) is 0 Å². The van der Waals surface area contributed by atoms with Gasteiger partial charge >= 0.3 is 0 Å². The first kappa shape index (κ1) is 14.7. The number of H-pyrrole nitrogens is 1. The van der Waals surface area contributed by atoms with Gasteiger partial charge in [0.1, 0.15) is 0 Å². The highest BCUT2D eigenvalue weighted by Gasteiger charge is 2.35. The number of hydrogen-bond donors (Lipinski definition) is 1. The average Bonchev–Trinajstić information content (AvgIpc) is 2.99. The zero-order valence-corrected chi connectivity index (χ0v) is 12.5. The molecule has 1 aromatic heterocycles. The molecular weight excluding hydrogens is 294 g/mol. The van der Waals surface area contributed by atoms with E-state index in [1.165, 1.54) is 22.6 Å². The molecule has 0 radical (unpaired) electrons. The standard InChI is InChI=1S/C13H19N3O4S/c17-13-2-1-12(9-14-13)21(18,19)16-4-3-11(10-16)15-5-7-20-8-6-15/h1-2,9,11H,3-8,10H2,(H,14,17). The van der Waals surface area contributed by atoms with E-state index >= 15 is 0 Å². The van der Waals surface area contributed by atoms with Gasteiger partial charge in [-0.05, 0) is 12.5 Å². The summed E-state index contributed by atoms with van der Waals surface area (Å²) < 4.78 is 31.9. The Hall–Kier alpha value is -1.22. The molecule has 1 atom stereocenters. The first-order valence-corrected chi connectivity index (χ1v) is 8.52. The van der Waals surface area contributed by atoms with Crippen molar-refractivity contribution >= 4 is 10.0 Å². The van der Waals surface area contributed by atoms with E-state index < -0.39 is 10.0 Å². The maximum atomic E-state index is 12.5. The molecule has 2 fully saturated rings. The summed E-state index contributed by atoms with van der Waals surface area (Å²) in [5.41, 5.74) is -0.304. The molecular formula is C13H19N3O4S. The number of aromatic nitrogens is 1. The molecule has 1 unspecified atom stereocenters. The molecule has 8 heteroatoms. The first-order valence-electron chi connectivity index (χ1n) is 7.08. The zero-order valence-electron chi connectivity index (χ0n) is 11.7. The second kappa shape index (κ2) is 5.88. The summed E-state index contributed by atoms with van der Waals surface area (Å²) in [5, 5.41) is 0. The highest BCUT2D eigenvalue weighted by Crippen LogP contribution is 2.23. The van der Waals surface area contributed by atoms with Crippen molar-refractivity contribution in [1.29, 1.82) is 0 Å². The van der Waals surface area contributed by atoms with Crippen LogP contribution in [0.3, 0.4) is 0 Å². The number of sulfonamides is 1. The highest BCUT2D eigenvalue weighted by molar-refractivity contribution is 7.89. The lowest BCUT2D eigenvalue weighted by Gasteiger charge is -2.32. The van der Waals surface area contributed by atoms with E-state index in [4.69, 9.17) is 4.74 Å². The molecule has 2 saturated heterocycles. The topological polar surface area (TPSA) is 82.7 Å². The average molecular weight is 313 g/mol. The minimum Gasteiger partial charge on any atom is -0.379 e. The summed E-state index contributed by atoms with van der Waals surface area (Å²) in [6, 6.07) is 2.85.